The topological polar surface area (TPSA) is 12.0 Å². The Morgan fingerprint density at radius 2 is 1.75 bits per heavy atom. The van der Waals surface area contributed by atoms with E-state index >= 15 is 0 Å². The van der Waals surface area contributed by atoms with Crippen LogP contribution in [0.3, 0.4) is 0 Å². The number of halogens is 2. The van der Waals surface area contributed by atoms with Crippen LogP contribution in [0.2, 0.25) is 10.0 Å². The molecule has 0 amide bonds. The lowest BCUT2D eigenvalue weighted by molar-refractivity contribution is 0.598. The van der Waals surface area contributed by atoms with E-state index < -0.39 is 0 Å². The third kappa shape index (κ3) is 3.76. The van der Waals surface area contributed by atoms with E-state index in [4.69, 9.17) is 23.2 Å². The van der Waals surface area contributed by atoms with Crippen molar-refractivity contribution < 1.29 is 0 Å². The minimum absolute atomic E-state index is 0.149. The van der Waals surface area contributed by atoms with Crippen LogP contribution in [0.15, 0.2) is 24.3 Å². The van der Waals surface area contributed by atoms with Gasteiger partial charge >= 0.3 is 0 Å². The quantitative estimate of drug-likeness (QED) is 0.736. The molecule has 2 rings (SSSR count). The summed E-state index contributed by atoms with van der Waals surface area (Å²) in [5, 5.41) is 4.96. The van der Waals surface area contributed by atoms with Crippen molar-refractivity contribution in [1.29, 1.82) is 0 Å². The zero-order chi connectivity index (χ0) is 14.7. The first-order chi connectivity index (χ1) is 9.51. The standard InChI is InChI=1S/C16H19Cl2NS/c1-4-5-19-16(15-6-10(2)20-11(15)3)12-7-13(17)9-14(18)8-12/h6-9,16,19H,4-5H2,1-3H3. The van der Waals surface area contributed by atoms with Gasteiger partial charge in [-0.25, -0.2) is 0 Å². The molecule has 20 heavy (non-hydrogen) atoms. The summed E-state index contributed by atoms with van der Waals surface area (Å²) in [5.74, 6) is 0. The van der Waals surface area contributed by atoms with Crippen molar-refractivity contribution in [2.24, 2.45) is 0 Å². The minimum atomic E-state index is 0.149. The van der Waals surface area contributed by atoms with E-state index in [0.717, 1.165) is 18.5 Å². The van der Waals surface area contributed by atoms with Gasteiger partial charge in [0.05, 0.1) is 6.04 Å². The van der Waals surface area contributed by atoms with Gasteiger partial charge in [0.25, 0.3) is 0 Å². The molecule has 1 N–H and O–H groups in total. The molecule has 0 saturated heterocycles. The van der Waals surface area contributed by atoms with Gasteiger partial charge < -0.3 is 5.32 Å². The lowest BCUT2D eigenvalue weighted by atomic mass is 9.99. The zero-order valence-electron chi connectivity index (χ0n) is 12.0. The molecule has 1 nitrogen and oxygen atoms in total. The molecule has 0 aliphatic heterocycles. The van der Waals surface area contributed by atoms with E-state index in [-0.39, 0.29) is 6.04 Å². The Bertz CT molecular complexity index is 572. The average Bonchev–Trinajstić information content (AvgIpc) is 2.68. The second-order valence-corrected chi connectivity index (χ2v) is 7.29. The molecule has 0 saturated carbocycles. The SMILES string of the molecule is CCCNC(c1cc(Cl)cc(Cl)c1)c1cc(C)sc1C. The summed E-state index contributed by atoms with van der Waals surface area (Å²) >= 11 is 14.1. The normalized spacial score (nSPS) is 12.7. The fourth-order valence-electron chi connectivity index (χ4n) is 2.37. The van der Waals surface area contributed by atoms with Gasteiger partial charge in [0, 0.05) is 19.8 Å². The van der Waals surface area contributed by atoms with E-state index in [0.29, 0.717) is 10.0 Å². The molecule has 2 aromatic rings. The van der Waals surface area contributed by atoms with Gasteiger partial charge in [0.1, 0.15) is 0 Å². The van der Waals surface area contributed by atoms with Crippen molar-refractivity contribution >= 4 is 34.5 Å². The van der Waals surface area contributed by atoms with Gasteiger partial charge in [-0.1, -0.05) is 30.1 Å². The highest BCUT2D eigenvalue weighted by molar-refractivity contribution is 7.12. The zero-order valence-corrected chi connectivity index (χ0v) is 14.3. The molecule has 0 aliphatic carbocycles. The van der Waals surface area contributed by atoms with Crippen LogP contribution in [0.25, 0.3) is 0 Å². The van der Waals surface area contributed by atoms with Crippen molar-refractivity contribution in [3.63, 3.8) is 0 Å². The Hall–Kier alpha value is -0.540. The van der Waals surface area contributed by atoms with Gasteiger partial charge in [-0.2, -0.15) is 0 Å². The number of aryl methyl sites for hydroxylation is 2. The van der Waals surface area contributed by atoms with E-state index in [1.165, 1.54) is 15.3 Å². The predicted molar refractivity (Wildman–Crippen MR) is 90.4 cm³/mol. The molecule has 1 aromatic carbocycles. The maximum atomic E-state index is 6.15. The summed E-state index contributed by atoms with van der Waals surface area (Å²) in [7, 11) is 0. The molecule has 1 unspecified atom stereocenters. The fraction of sp³-hybridized carbons (Fsp3) is 0.375. The number of thiophene rings is 1. The van der Waals surface area contributed by atoms with Gasteiger partial charge in [0.15, 0.2) is 0 Å². The highest BCUT2D eigenvalue weighted by Crippen LogP contribution is 2.33. The monoisotopic (exact) mass is 327 g/mol. The molecule has 0 fully saturated rings. The number of hydrogen-bond donors (Lipinski definition) is 1. The lowest BCUT2D eigenvalue weighted by Gasteiger charge is -2.20. The molecule has 0 bridgehead atoms. The van der Waals surface area contributed by atoms with Crippen LogP contribution in [-0.2, 0) is 0 Å². The smallest absolute Gasteiger partial charge is 0.0588 e. The fourth-order valence-corrected chi connectivity index (χ4v) is 3.88. The van der Waals surface area contributed by atoms with Gasteiger partial charge in [-0.3, -0.25) is 0 Å². The summed E-state index contributed by atoms with van der Waals surface area (Å²) < 4.78 is 0. The van der Waals surface area contributed by atoms with Crippen molar-refractivity contribution in [1.82, 2.24) is 5.32 Å². The summed E-state index contributed by atoms with van der Waals surface area (Å²) in [6.45, 7) is 7.44. The van der Waals surface area contributed by atoms with E-state index in [1.807, 2.05) is 23.5 Å². The van der Waals surface area contributed by atoms with Crippen LogP contribution in [-0.4, -0.2) is 6.54 Å². The van der Waals surface area contributed by atoms with Crippen LogP contribution < -0.4 is 5.32 Å². The number of nitrogens with one attached hydrogen (secondary N) is 1. The third-order valence-corrected chi connectivity index (χ3v) is 4.63. The second kappa shape index (κ2) is 6.95. The first-order valence-electron chi connectivity index (χ1n) is 6.77. The van der Waals surface area contributed by atoms with E-state index in [9.17, 15) is 0 Å². The first-order valence-corrected chi connectivity index (χ1v) is 8.34. The molecular weight excluding hydrogens is 309 g/mol. The van der Waals surface area contributed by atoms with Crippen LogP contribution in [0.4, 0.5) is 0 Å². The van der Waals surface area contributed by atoms with Gasteiger partial charge in [-0.15, -0.1) is 11.3 Å². The Balaban J connectivity index is 2.43. The predicted octanol–water partition coefficient (Wildman–Crippen LogP) is 5.76. The van der Waals surface area contributed by atoms with E-state index in [1.54, 1.807) is 6.07 Å². The summed E-state index contributed by atoms with van der Waals surface area (Å²) in [6.07, 6.45) is 1.09. The van der Waals surface area contributed by atoms with Crippen molar-refractivity contribution in [2.45, 2.75) is 33.2 Å². The van der Waals surface area contributed by atoms with Crippen LogP contribution in [0.5, 0.6) is 0 Å². The molecule has 4 heteroatoms. The summed E-state index contributed by atoms with van der Waals surface area (Å²) in [6, 6.07) is 8.16. The summed E-state index contributed by atoms with van der Waals surface area (Å²) in [5.41, 5.74) is 2.44. The highest BCUT2D eigenvalue weighted by atomic mass is 35.5. The maximum Gasteiger partial charge on any atom is 0.0588 e. The van der Waals surface area contributed by atoms with E-state index in [2.05, 4.69) is 32.2 Å². The van der Waals surface area contributed by atoms with Crippen molar-refractivity contribution in [3.8, 4) is 0 Å². The molecule has 108 valence electrons. The Kier molecular flexibility index (Phi) is 5.50. The molecule has 0 spiro atoms. The maximum absolute atomic E-state index is 6.15. The molecule has 0 radical (unpaired) electrons. The largest absolute Gasteiger partial charge is 0.306 e. The Labute approximate surface area is 134 Å². The lowest BCUT2D eigenvalue weighted by Crippen LogP contribution is -2.23. The summed E-state index contributed by atoms with van der Waals surface area (Å²) in [4.78, 5) is 2.67. The first kappa shape index (κ1) is 15.8. The molecule has 1 heterocycles. The van der Waals surface area contributed by atoms with Crippen LogP contribution in [0.1, 0.15) is 40.3 Å². The molecular formula is C16H19Cl2NS. The molecule has 1 aromatic heterocycles. The molecule has 1 atom stereocenters. The van der Waals surface area contributed by atoms with Crippen LogP contribution in [0, 0.1) is 13.8 Å². The van der Waals surface area contributed by atoms with Crippen LogP contribution >= 0.6 is 34.5 Å². The van der Waals surface area contributed by atoms with Gasteiger partial charge in [0.2, 0.25) is 0 Å². The Morgan fingerprint density at radius 1 is 1.10 bits per heavy atom. The number of benzene rings is 1. The number of hydrogen-bond acceptors (Lipinski definition) is 2. The third-order valence-electron chi connectivity index (χ3n) is 3.21. The second-order valence-electron chi connectivity index (χ2n) is 4.96. The highest BCUT2D eigenvalue weighted by Gasteiger charge is 2.18. The average molecular weight is 328 g/mol. The van der Waals surface area contributed by atoms with Crippen molar-refractivity contribution in [2.75, 3.05) is 6.54 Å². The minimum Gasteiger partial charge on any atom is -0.306 e. The molecule has 0 aliphatic rings. The van der Waals surface area contributed by atoms with Gasteiger partial charge in [-0.05, 0) is 62.2 Å². The number of rotatable bonds is 5. The Morgan fingerprint density at radius 3 is 2.25 bits per heavy atom. The van der Waals surface area contributed by atoms with Crippen molar-refractivity contribution in [3.05, 3.63) is 55.2 Å².